The lowest BCUT2D eigenvalue weighted by molar-refractivity contribution is 0.341. The molecule has 1 aromatic rings. The van der Waals surface area contributed by atoms with Gasteiger partial charge in [-0.25, -0.2) is 0 Å². The molecular weight excluding hydrogens is 257 g/mol. The number of benzene rings is 1. The Bertz CT molecular complexity index is 433. The van der Waals surface area contributed by atoms with Crippen LogP contribution in [0.4, 0.5) is 4.39 Å². The van der Waals surface area contributed by atoms with Crippen LogP contribution in [0.2, 0.25) is 5.02 Å². The molecule has 0 amide bonds. The lowest BCUT2D eigenvalue weighted by Crippen LogP contribution is -2.28. The summed E-state index contributed by atoms with van der Waals surface area (Å²) in [6, 6.07) is 1.75. The van der Waals surface area contributed by atoms with Gasteiger partial charge in [-0.05, 0) is 25.5 Å². The first-order chi connectivity index (χ1) is 8.69. The second-order valence-corrected chi connectivity index (χ2v) is 4.78. The van der Waals surface area contributed by atoms with Crippen molar-refractivity contribution in [1.29, 1.82) is 0 Å². The van der Waals surface area contributed by atoms with E-state index < -0.39 is 5.82 Å². The van der Waals surface area contributed by atoms with Crippen molar-refractivity contribution < 1.29 is 13.9 Å². The smallest absolute Gasteiger partial charge is 0.208 e. The van der Waals surface area contributed by atoms with Gasteiger partial charge in [-0.2, -0.15) is 4.39 Å². The normalized spacial score (nSPS) is 19.7. The molecule has 0 aromatic heterocycles. The molecule has 1 saturated heterocycles. The van der Waals surface area contributed by atoms with Crippen molar-refractivity contribution in [3.8, 4) is 11.5 Å². The Hall–Kier alpha value is -1.00. The molecule has 0 radical (unpaired) electrons. The zero-order valence-electron chi connectivity index (χ0n) is 10.6. The van der Waals surface area contributed by atoms with Crippen molar-refractivity contribution in [3.63, 3.8) is 0 Å². The van der Waals surface area contributed by atoms with Crippen LogP contribution < -0.4 is 14.8 Å². The zero-order valence-corrected chi connectivity index (χ0v) is 11.3. The molecule has 5 heteroatoms. The fourth-order valence-electron chi connectivity index (χ4n) is 2.42. The summed E-state index contributed by atoms with van der Waals surface area (Å²) in [6.45, 7) is 1.82. The first-order valence-electron chi connectivity index (χ1n) is 5.99. The SMILES string of the molecule is COc1c(Cl)cc(C2CCCNC2)c(OC)c1F. The van der Waals surface area contributed by atoms with Gasteiger partial charge in [0.2, 0.25) is 5.82 Å². The quantitative estimate of drug-likeness (QED) is 0.918. The van der Waals surface area contributed by atoms with E-state index in [9.17, 15) is 4.39 Å². The van der Waals surface area contributed by atoms with E-state index in [-0.39, 0.29) is 22.4 Å². The minimum atomic E-state index is -0.520. The number of piperidine rings is 1. The lowest BCUT2D eigenvalue weighted by atomic mass is 9.90. The molecule has 1 aliphatic rings. The molecule has 1 unspecified atom stereocenters. The van der Waals surface area contributed by atoms with Crippen molar-refractivity contribution in [2.75, 3.05) is 27.3 Å². The molecule has 1 N–H and O–H groups in total. The third-order valence-corrected chi connectivity index (χ3v) is 3.59. The van der Waals surface area contributed by atoms with Crippen molar-refractivity contribution in [1.82, 2.24) is 5.32 Å². The Labute approximate surface area is 111 Å². The first kappa shape index (κ1) is 13.4. The van der Waals surface area contributed by atoms with Crippen LogP contribution >= 0.6 is 11.6 Å². The molecule has 1 heterocycles. The van der Waals surface area contributed by atoms with Crippen LogP contribution in [0.15, 0.2) is 6.07 Å². The average Bonchev–Trinajstić information content (AvgIpc) is 2.39. The summed E-state index contributed by atoms with van der Waals surface area (Å²) < 4.78 is 24.3. The molecule has 18 heavy (non-hydrogen) atoms. The highest BCUT2D eigenvalue weighted by Crippen LogP contribution is 2.41. The molecular formula is C13H17ClFNO2. The molecule has 1 aliphatic heterocycles. The Morgan fingerprint density at radius 3 is 2.61 bits per heavy atom. The molecule has 1 aromatic carbocycles. The summed E-state index contributed by atoms with van der Waals surface area (Å²) in [6.07, 6.45) is 2.07. The van der Waals surface area contributed by atoms with Crippen molar-refractivity contribution in [2.45, 2.75) is 18.8 Å². The largest absolute Gasteiger partial charge is 0.493 e. The van der Waals surface area contributed by atoms with E-state index >= 15 is 0 Å². The van der Waals surface area contributed by atoms with Crippen LogP contribution in [0.25, 0.3) is 0 Å². The van der Waals surface area contributed by atoms with Crippen LogP contribution in [-0.2, 0) is 0 Å². The van der Waals surface area contributed by atoms with Gasteiger partial charge in [0, 0.05) is 18.0 Å². The molecule has 1 fully saturated rings. The maximum absolute atomic E-state index is 14.2. The fourth-order valence-corrected chi connectivity index (χ4v) is 2.70. The summed E-state index contributed by atoms with van der Waals surface area (Å²) in [5, 5.41) is 3.59. The summed E-state index contributed by atoms with van der Waals surface area (Å²) in [4.78, 5) is 0. The van der Waals surface area contributed by atoms with Gasteiger partial charge in [0.25, 0.3) is 0 Å². The number of hydrogen-bond donors (Lipinski definition) is 1. The number of ether oxygens (including phenoxy) is 2. The Morgan fingerprint density at radius 2 is 2.06 bits per heavy atom. The lowest BCUT2D eigenvalue weighted by Gasteiger charge is -2.25. The second-order valence-electron chi connectivity index (χ2n) is 4.37. The van der Waals surface area contributed by atoms with Gasteiger partial charge in [-0.3, -0.25) is 0 Å². The van der Waals surface area contributed by atoms with Crippen LogP contribution in [0.5, 0.6) is 11.5 Å². The highest BCUT2D eigenvalue weighted by atomic mass is 35.5. The van der Waals surface area contributed by atoms with Crippen LogP contribution in [0.3, 0.4) is 0 Å². The minimum Gasteiger partial charge on any atom is -0.493 e. The number of methoxy groups -OCH3 is 2. The fraction of sp³-hybridized carbons (Fsp3) is 0.538. The monoisotopic (exact) mass is 273 g/mol. The van der Waals surface area contributed by atoms with E-state index in [2.05, 4.69) is 5.32 Å². The molecule has 3 nitrogen and oxygen atoms in total. The van der Waals surface area contributed by atoms with Gasteiger partial charge in [0.05, 0.1) is 19.2 Å². The number of nitrogens with one attached hydrogen (secondary N) is 1. The van der Waals surface area contributed by atoms with Gasteiger partial charge in [0.15, 0.2) is 11.5 Å². The Morgan fingerprint density at radius 1 is 1.33 bits per heavy atom. The molecule has 0 spiro atoms. The highest BCUT2D eigenvalue weighted by molar-refractivity contribution is 6.32. The maximum atomic E-state index is 14.2. The van der Waals surface area contributed by atoms with Gasteiger partial charge in [0.1, 0.15) is 0 Å². The van der Waals surface area contributed by atoms with E-state index in [1.54, 1.807) is 6.07 Å². The van der Waals surface area contributed by atoms with E-state index in [1.165, 1.54) is 14.2 Å². The zero-order chi connectivity index (χ0) is 13.1. The van der Waals surface area contributed by atoms with Gasteiger partial charge >= 0.3 is 0 Å². The van der Waals surface area contributed by atoms with Gasteiger partial charge in [-0.15, -0.1) is 0 Å². The van der Waals surface area contributed by atoms with Crippen LogP contribution in [0, 0.1) is 5.82 Å². The number of rotatable bonds is 3. The second kappa shape index (κ2) is 5.76. The summed E-state index contributed by atoms with van der Waals surface area (Å²) in [5.74, 6) is -0.00864. The third-order valence-electron chi connectivity index (χ3n) is 3.30. The Balaban J connectivity index is 2.45. The van der Waals surface area contributed by atoms with E-state index in [0.29, 0.717) is 0 Å². The summed E-state index contributed by atoms with van der Waals surface area (Å²) in [7, 11) is 2.86. The van der Waals surface area contributed by atoms with E-state index in [4.69, 9.17) is 21.1 Å². The molecule has 2 rings (SSSR count). The standard InChI is InChI=1S/C13H17ClFNO2/c1-17-12-9(8-4-3-5-16-7-8)6-10(14)13(18-2)11(12)15/h6,8,16H,3-5,7H2,1-2H3. The van der Waals surface area contributed by atoms with E-state index in [1.807, 2.05) is 0 Å². The highest BCUT2D eigenvalue weighted by Gasteiger charge is 2.25. The first-order valence-corrected chi connectivity index (χ1v) is 6.37. The predicted octanol–water partition coefficient (Wildman–Crippen LogP) is 2.96. The molecule has 0 bridgehead atoms. The molecule has 100 valence electrons. The maximum Gasteiger partial charge on any atom is 0.208 e. The summed E-state index contributed by atoms with van der Waals surface area (Å²) in [5.41, 5.74) is 0.813. The van der Waals surface area contributed by atoms with Gasteiger partial charge in [-0.1, -0.05) is 11.6 Å². The van der Waals surface area contributed by atoms with Crippen molar-refractivity contribution in [2.24, 2.45) is 0 Å². The number of hydrogen-bond acceptors (Lipinski definition) is 3. The topological polar surface area (TPSA) is 30.5 Å². The van der Waals surface area contributed by atoms with E-state index in [0.717, 1.165) is 31.5 Å². The van der Waals surface area contributed by atoms with Crippen molar-refractivity contribution >= 4 is 11.6 Å². The van der Waals surface area contributed by atoms with Crippen molar-refractivity contribution in [3.05, 3.63) is 22.5 Å². The minimum absolute atomic E-state index is 0.0426. The Kier molecular flexibility index (Phi) is 4.30. The van der Waals surface area contributed by atoms with Gasteiger partial charge < -0.3 is 14.8 Å². The summed E-state index contributed by atoms with van der Waals surface area (Å²) >= 11 is 6.04. The molecule has 0 saturated carbocycles. The number of halogens is 2. The molecule has 1 atom stereocenters. The predicted molar refractivity (Wildman–Crippen MR) is 69.4 cm³/mol. The van der Waals surface area contributed by atoms with Crippen LogP contribution in [-0.4, -0.2) is 27.3 Å². The van der Waals surface area contributed by atoms with Crippen LogP contribution in [0.1, 0.15) is 24.3 Å². The third kappa shape index (κ3) is 2.40. The average molecular weight is 274 g/mol. The molecule has 0 aliphatic carbocycles.